The minimum Gasteiger partial charge on any atom is -0.480 e. The average Bonchev–Trinajstić information content (AvgIpc) is 2.39. The van der Waals surface area contributed by atoms with Crippen molar-refractivity contribution in [3.05, 3.63) is 29.8 Å². The summed E-state index contributed by atoms with van der Waals surface area (Å²) in [5.41, 5.74) is -0.338. The Hall–Kier alpha value is -2.45. The summed E-state index contributed by atoms with van der Waals surface area (Å²) in [5.74, 6) is -1.66. The average molecular weight is 363 g/mol. The lowest BCUT2D eigenvalue weighted by Gasteiger charge is -2.22. The van der Waals surface area contributed by atoms with Gasteiger partial charge in [0, 0.05) is 0 Å². The zero-order valence-electron chi connectivity index (χ0n) is 14.0. The molecule has 0 spiro atoms. The predicted octanol–water partition coefficient (Wildman–Crippen LogP) is 3.50. The van der Waals surface area contributed by atoms with E-state index in [1.165, 1.54) is 18.2 Å². The predicted molar refractivity (Wildman–Crippen MR) is 82.2 cm³/mol. The molecule has 0 fully saturated rings. The number of halogens is 3. The van der Waals surface area contributed by atoms with Crippen LogP contribution < -0.4 is 10.1 Å². The standard InChI is InChI=1S/C16H20F3NO5/c1-15(2,3)25-14(23)20-12(13(21)22)8-7-10-5-4-6-11(9-10)24-16(17,18)19/h4-6,9,12H,7-8H2,1-3H3,(H,20,23)(H,21,22)/t12-/m0/s1. The summed E-state index contributed by atoms with van der Waals surface area (Å²) in [6.07, 6.45) is -5.58. The normalized spacial score (nSPS) is 13.0. The van der Waals surface area contributed by atoms with Crippen LogP contribution in [0.4, 0.5) is 18.0 Å². The third kappa shape index (κ3) is 8.83. The maximum atomic E-state index is 12.2. The van der Waals surface area contributed by atoms with Crippen LogP contribution in [0, 0.1) is 0 Å². The molecule has 1 aromatic carbocycles. The number of carbonyl (C=O) groups excluding carboxylic acids is 1. The summed E-state index contributed by atoms with van der Waals surface area (Å²) in [5, 5.41) is 11.4. The number of hydrogen-bond donors (Lipinski definition) is 2. The molecule has 1 atom stereocenters. The van der Waals surface area contributed by atoms with Crippen molar-refractivity contribution in [2.75, 3.05) is 0 Å². The van der Waals surface area contributed by atoms with Gasteiger partial charge in [0.1, 0.15) is 17.4 Å². The smallest absolute Gasteiger partial charge is 0.480 e. The van der Waals surface area contributed by atoms with Crippen LogP contribution in [0.15, 0.2) is 24.3 Å². The molecule has 9 heteroatoms. The second-order valence-electron chi connectivity index (χ2n) is 6.27. The summed E-state index contributed by atoms with van der Waals surface area (Å²) in [4.78, 5) is 22.9. The first-order valence-corrected chi connectivity index (χ1v) is 7.43. The summed E-state index contributed by atoms with van der Waals surface area (Å²) in [6.45, 7) is 4.90. The molecule has 0 aliphatic carbocycles. The van der Waals surface area contributed by atoms with Crippen LogP contribution in [0.3, 0.4) is 0 Å². The molecular formula is C16H20F3NO5. The third-order valence-corrected chi connectivity index (χ3v) is 2.84. The van der Waals surface area contributed by atoms with Crippen molar-refractivity contribution in [3.8, 4) is 5.75 Å². The zero-order chi connectivity index (χ0) is 19.3. The highest BCUT2D eigenvalue weighted by molar-refractivity contribution is 5.80. The number of alkyl halides is 3. The van der Waals surface area contributed by atoms with E-state index in [9.17, 15) is 22.8 Å². The second kappa shape index (κ2) is 8.09. The molecule has 0 aliphatic heterocycles. The SMILES string of the molecule is CC(C)(C)OC(=O)N[C@@H](CCc1cccc(OC(F)(F)F)c1)C(=O)O. The second-order valence-corrected chi connectivity index (χ2v) is 6.27. The van der Waals surface area contributed by atoms with Crippen LogP contribution in [-0.4, -0.2) is 35.2 Å². The van der Waals surface area contributed by atoms with Gasteiger partial charge >= 0.3 is 18.4 Å². The first-order chi connectivity index (χ1) is 11.4. The summed E-state index contributed by atoms with van der Waals surface area (Å²) >= 11 is 0. The summed E-state index contributed by atoms with van der Waals surface area (Å²) in [6, 6.07) is 3.98. The van der Waals surface area contributed by atoms with Gasteiger partial charge in [-0.05, 0) is 51.3 Å². The zero-order valence-corrected chi connectivity index (χ0v) is 14.0. The molecule has 1 rings (SSSR count). The van der Waals surface area contributed by atoms with Crippen LogP contribution in [0.2, 0.25) is 0 Å². The monoisotopic (exact) mass is 363 g/mol. The minimum absolute atomic E-state index is 0.0238. The molecule has 1 aromatic rings. The van der Waals surface area contributed by atoms with Crippen LogP contribution in [0.25, 0.3) is 0 Å². The number of benzene rings is 1. The minimum atomic E-state index is -4.81. The van der Waals surface area contributed by atoms with Gasteiger partial charge in [-0.2, -0.15) is 0 Å². The molecule has 0 unspecified atom stereocenters. The van der Waals surface area contributed by atoms with Crippen molar-refractivity contribution in [2.45, 2.75) is 51.6 Å². The largest absolute Gasteiger partial charge is 0.573 e. The maximum Gasteiger partial charge on any atom is 0.573 e. The molecule has 0 aromatic heterocycles. The Bertz CT molecular complexity index is 611. The summed E-state index contributed by atoms with van der Waals surface area (Å²) < 4.78 is 45.4. The van der Waals surface area contributed by atoms with Crippen LogP contribution >= 0.6 is 0 Å². The first kappa shape index (κ1) is 20.6. The van der Waals surface area contributed by atoms with Crippen molar-refractivity contribution in [3.63, 3.8) is 0 Å². The molecule has 1 amide bonds. The van der Waals surface area contributed by atoms with Gasteiger partial charge in [-0.25, -0.2) is 9.59 Å². The quantitative estimate of drug-likeness (QED) is 0.808. The van der Waals surface area contributed by atoms with E-state index >= 15 is 0 Å². The number of carbonyl (C=O) groups is 2. The third-order valence-electron chi connectivity index (χ3n) is 2.84. The topological polar surface area (TPSA) is 84.9 Å². The number of rotatable bonds is 6. The van der Waals surface area contributed by atoms with Crippen molar-refractivity contribution in [1.82, 2.24) is 5.32 Å². The molecule has 0 radical (unpaired) electrons. The van der Waals surface area contributed by atoms with E-state index in [0.29, 0.717) is 5.56 Å². The van der Waals surface area contributed by atoms with Gasteiger partial charge < -0.3 is 19.9 Å². The molecule has 0 heterocycles. The fourth-order valence-corrected chi connectivity index (χ4v) is 1.92. The Labute approximate surface area is 142 Å². The maximum absolute atomic E-state index is 12.2. The van der Waals surface area contributed by atoms with Crippen molar-refractivity contribution >= 4 is 12.1 Å². The van der Waals surface area contributed by atoms with E-state index in [1.54, 1.807) is 20.8 Å². The van der Waals surface area contributed by atoms with Gasteiger partial charge in [0.15, 0.2) is 0 Å². The first-order valence-electron chi connectivity index (χ1n) is 7.43. The van der Waals surface area contributed by atoms with E-state index in [4.69, 9.17) is 9.84 Å². The van der Waals surface area contributed by atoms with E-state index in [1.807, 2.05) is 0 Å². The van der Waals surface area contributed by atoms with Gasteiger partial charge in [0.2, 0.25) is 0 Å². The molecule has 25 heavy (non-hydrogen) atoms. The van der Waals surface area contributed by atoms with E-state index in [-0.39, 0.29) is 12.8 Å². The van der Waals surface area contributed by atoms with E-state index in [2.05, 4.69) is 10.1 Å². The van der Waals surface area contributed by atoms with Crippen LogP contribution in [0.5, 0.6) is 5.75 Å². The summed E-state index contributed by atoms with van der Waals surface area (Å²) in [7, 11) is 0. The molecule has 0 saturated carbocycles. The fraction of sp³-hybridized carbons (Fsp3) is 0.500. The number of carboxylic acids is 1. The number of carboxylic acid groups (broad SMARTS) is 1. The highest BCUT2D eigenvalue weighted by Gasteiger charge is 2.31. The highest BCUT2D eigenvalue weighted by atomic mass is 19.4. The number of nitrogens with one attached hydrogen (secondary N) is 1. The van der Waals surface area contributed by atoms with Crippen molar-refractivity contribution in [1.29, 1.82) is 0 Å². The number of aryl methyl sites for hydroxylation is 1. The molecular weight excluding hydrogens is 343 g/mol. The Balaban J connectivity index is 2.67. The van der Waals surface area contributed by atoms with Gasteiger partial charge in [0.25, 0.3) is 0 Å². The van der Waals surface area contributed by atoms with Gasteiger partial charge in [-0.3, -0.25) is 0 Å². The number of amides is 1. The number of hydrogen-bond acceptors (Lipinski definition) is 4. The lowest BCUT2D eigenvalue weighted by Crippen LogP contribution is -2.43. The van der Waals surface area contributed by atoms with E-state index < -0.39 is 35.8 Å². The Morgan fingerprint density at radius 2 is 1.88 bits per heavy atom. The number of ether oxygens (including phenoxy) is 2. The Kier molecular flexibility index (Phi) is 6.66. The Morgan fingerprint density at radius 1 is 1.24 bits per heavy atom. The van der Waals surface area contributed by atoms with Crippen molar-refractivity contribution in [2.24, 2.45) is 0 Å². The molecule has 0 saturated heterocycles. The molecule has 0 aliphatic rings. The van der Waals surface area contributed by atoms with Gasteiger partial charge in [-0.15, -0.1) is 13.2 Å². The van der Waals surface area contributed by atoms with E-state index in [0.717, 1.165) is 6.07 Å². The molecule has 140 valence electrons. The number of alkyl carbamates (subject to hydrolysis) is 1. The Morgan fingerprint density at radius 3 is 2.40 bits per heavy atom. The lowest BCUT2D eigenvalue weighted by atomic mass is 10.1. The molecule has 2 N–H and O–H groups in total. The lowest BCUT2D eigenvalue weighted by molar-refractivity contribution is -0.274. The molecule has 0 bridgehead atoms. The highest BCUT2D eigenvalue weighted by Crippen LogP contribution is 2.23. The van der Waals surface area contributed by atoms with Crippen LogP contribution in [-0.2, 0) is 16.0 Å². The van der Waals surface area contributed by atoms with Gasteiger partial charge in [-0.1, -0.05) is 12.1 Å². The number of aliphatic carboxylic acids is 1. The fourth-order valence-electron chi connectivity index (χ4n) is 1.92. The van der Waals surface area contributed by atoms with Crippen LogP contribution in [0.1, 0.15) is 32.8 Å². The van der Waals surface area contributed by atoms with Gasteiger partial charge in [0.05, 0.1) is 0 Å². The molecule has 6 nitrogen and oxygen atoms in total. The van der Waals surface area contributed by atoms with Crippen molar-refractivity contribution < 1.29 is 37.3 Å².